The molecule has 0 saturated carbocycles. The Morgan fingerprint density at radius 3 is 0.879 bits per heavy atom. The minimum atomic E-state index is -0.247. The highest BCUT2D eigenvalue weighted by Gasteiger charge is 2.18. The molecule has 0 spiro atoms. The molecule has 16 nitrogen and oxygen atoms in total. The number of fused-ring (bicyclic) bond motifs is 3. The summed E-state index contributed by atoms with van der Waals surface area (Å²) in [5.74, 6) is 5.29. The molecule has 17 heteroatoms. The third-order valence-electron chi connectivity index (χ3n) is 22.7. The lowest BCUT2D eigenvalue weighted by molar-refractivity contribution is 0.628. The van der Waals surface area contributed by atoms with Crippen molar-refractivity contribution in [2.75, 3.05) is 0 Å². The maximum atomic E-state index is 13.0. The largest absolute Gasteiger partial charge is 0.292 e. The van der Waals surface area contributed by atoms with Gasteiger partial charge in [-0.25, -0.2) is 69.2 Å². The maximum absolute atomic E-state index is 13.0. The summed E-state index contributed by atoms with van der Waals surface area (Å²) >= 11 is 0. The van der Waals surface area contributed by atoms with Crippen LogP contribution in [-0.2, 0) is 0 Å². The lowest BCUT2D eigenvalue weighted by Gasteiger charge is -2.09. The van der Waals surface area contributed by atoms with Crippen LogP contribution >= 0.6 is 0 Å². The van der Waals surface area contributed by atoms with E-state index in [0.717, 1.165) is 192 Å². The fourth-order valence-electron chi connectivity index (χ4n) is 15.6. The van der Waals surface area contributed by atoms with E-state index >= 15 is 0 Å². The smallest absolute Gasteiger partial charge is 0.160 e. The Hall–Kier alpha value is -18.3. The molecule has 140 heavy (non-hydrogen) atoms. The Morgan fingerprint density at radius 2 is 0.500 bits per heavy atom. The van der Waals surface area contributed by atoms with Crippen molar-refractivity contribution in [1.82, 2.24) is 69.4 Å². The topological polar surface area (TPSA) is 220 Å². The van der Waals surface area contributed by atoms with Gasteiger partial charge in [-0.1, -0.05) is 332 Å². The molecule has 0 N–H and O–H groups in total. The van der Waals surface area contributed by atoms with Gasteiger partial charge in [0.15, 0.2) is 5.82 Å². The zero-order chi connectivity index (χ0) is 97.2. The third kappa shape index (κ3) is 24.8. The van der Waals surface area contributed by atoms with Crippen LogP contribution in [0.25, 0.3) is 163 Å². The van der Waals surface area contributed by atoms with Crippen LogP contribution in [0.2, 0.25) is 0 Å². The van der Waals surface area contributed by atoms with E-state index in [1.54, 1.807) is 24.3 Å². The van der Waals surface area contributed by atoms with E-state index < -0.39 is 0 Å². The summed E-state index contributed by atoms with van der Waals surface area (Å²) in [5.41, 5.74) is 32.4. The van der Waals surface area contributed by atoms with E-state index in [4.69, 9.17) is 15.5 Å². The van der Waals surface area contributed by atoms with E-state index in [1.807, 2.05) is 254 Å². The van der Waals surface area contributed by atoms with Crippen molar-refractivity contribution in [2.45, 2.75) is 69.2 Å². The van der Waals surface area contributed by atoms with Crippen LogP contribution in [0.3, 0.4) is 0 Å². The minimum Gasteiger partial charge on any atom is -0.292 e. The molecule has 0 unspecified atom stereocenters. The molecule has 0 fully saturated rings. The van der Waals surface area contributed by atoms with Gasteiger partial charge < -0.3 is 0 Å². The summed E-state index contributed by atoms with van der Waals surface area (Å²) in [7, 11) is 0. The Kier molecular flexibility index (Phi) is 30.9. The molecule has 15 aromatic carbocycles. The van der Waals surface area contributed by atoms with Crippen LogP contribution in [-0.4, -0.2) is 69.4 Å². The molecule has 22 rings (SSSR count). The van der Waals surface area contributed by atoms with Gasteiger partial charge in [-0.2, -0.15) is 10.5 Å². The van der Waals surface area contributed by atoms with Gasteiger partial charge in [-0.05, 0) is 178 Å². The molecule has 678 valence electrons. The average molecular weight is 1820 g/mol. The fourth-order valence-corrected chi connectivity index (χ4v) is 15.6. The summed E-state index contributed by atoms with van der Waals surface area (Å²) in [6.45, 7) is 19.8. The van der Waals surface area contributed by atoms with Gasteiger partial charge in [0.2, 0.25) is 0 Å². The van der Waals surface area contributed by atoms with Crippen LogP contribution in [0, 0.1) is 97.7 Å². The Labute approximate surface area is 815 Å². The number of nitrogens with zero attached hydrogens (tertiary/aromatic N) is 16. The Balaban J connectivity index is 0.000000118. The van der Waals surface area contributed by atoms with Gasteiger partial charge in [-0.15, -0.1) is 0 Å². The molecule has 0 aliphatic rings. The summed E-state index contributed by atoms with van der Waals surface area (Å²) in [6.07, 6.45) is 0. The Morgan fingerprint density at radius 1 is 0.221 bits per heavy atom. The molecule has 22 aromatic rings. The van der Waals surface area contributed by atoms with Crippen molar-refractivity contribution in [3.05, 3.63) is 493 Å². The second-order valence-corrected chi connectivity index (χ2v) is 33.5. The number of para-hydroxylation sites is 5. The molecule has 0 amide bonds. The molecule has 7 aromatic heterocycles. The first-order valence-corrected chi connectivity index (χ1v) is 46.0. The summed E-state index contributed by atoms with van der Waals surface area (Å²) in [6, 6.07) is 142. The second-order valence-electron chi connectivity index (χ2n) is 33.5. The first-order valence-electron chi connectivity index (χ1n) is 46.0. The first-order chi connectivity index (χ1) is 68.3. The van der Waals surface area contributed by atoms with Gasteiger partial charge >= 0.3 is 0 Å². The summed E-state index contributed by atoms with van der Waals surface area (Å²) in [5, 5.41) is 19.8. The van der Waals surface area contributed by atoms with Crippen LogP contribution < -0.4 is 0 Å². The average Bonchev–Trinajstić information content (AvgIpc) is 1.54. The predicted octanol–water partition coefficient (Wildman–Crippen LogP) is 29.5. The molecule has 7 heterocycles. The van der Waals surface area contributed by atoms with Crippen LogP contribution in [0.1, 0.15) is 68.2 Å². The van der Waals surface area contributed by atoms with Crippen molar-refractivity contribution in [1.29, 1.82) is 10.5 Å². The van der Waals surface area contributed by atoms with Gasteiger partial charge in [0, 0.05) is 83.4 Å². The fraction of sp³-hybridized carbons (Fsp3) is 0.0813. The highest BCUT2D eigenvalue weighted by Crippen LogP contribution is 2.34. The van der Waals surface area contributed by atoms with Crippen molar-refractivity contribution < 1.29 is 4.39 Å². The Bertz CT molecular complexity index is 7930. The highest BCUT2D eigenvalue weighted by molar-refractivity contribution is 5.94. The number of aromatic nitrogens is 14. The highest BCUT2D eigenvalue weighted by atomic mass is 19.1. The number of aryl methyl sites for hydroxylation is 10. The predicted molar refractivity (Wildman–Crippen MR) is 565 cm³/mol. The number of imidazole rings is 1. The van der Waals surface area contributed by atoms with Gasteiger partial charge in [0.25, 0.3) is 0 Å². The van der Waals surface area contributed by atoms with Crippen molar-refractivity contribution >= 4 is 32.8 Å². The number of hydrogen-bond acceptors (Lipinski definition) is 15. The molecular weight excluding hydrogens is 1720 g/mol. The zero-order valence-corrected chi connectivity index (χ0v) is 79.4. The van der Waals surface area contributed by atoms with E-state index in [-0.39, 0.29) is 5.82 Å². The number of nitriles is 2. The van der Waals surface area contributed by atoms with Crippen molar-refractivity contribution in [3.8, 4) is 142 Å². The van der Waals surface area contributed by atoms with Crippen molar-refractivity contribution in [2.24, 2.45) is 0 Å². The monoisotopic (exact) mass is 1820 g/mol. The molecule has 0 atom stereocenters. The lowest BCUT2D eigenvalue weighted by atomic mass is 10.0. The van der Waals surface area contributed by atoms with E-state index in [0.29, 0.717) is 17.0 Å². The van der Waals surface area contributed by atoms with Gasteiger partial charge in [0.05, 0.1) is 96.6 Å². The van der Waals surface area contributed by atoms with Gasteiger partial charge in [-0.3, -0.25) is 4.57 Å². The lowest BCUT2D eigenvalue weighted by Crippen LogP contribution is -1.97. The SMILES string of the molecule is Cc1cc(-c2ccccc2)nc(-c2ccccc2)n1.Cc1ccc(-c2cc(-c3ccc(C#N)cc3)nc(C)n2)cc1.Cc1ccc(-c2cc(-c3ccc(F)cc3)nc(C)n2)cc1.Cc1ccc(-c2cc(-c3ccccc3)nc(C)n2)cc1.Cc1ccc(-c2nc3ccccc3n2-c2ccccc2)cc1.Cc1nc(-c2ccc(C#N)cc2)c2ccccc2n1.Cc1nc(-c2ccccc2)c2ccccc2n1. The quantitative estimate of drug-likeness (QED) is 0.111. The summed E-state index contributed by atoms with van der Waals surface area (Å²) < 4.78 is 15.3. The molecule has 0 bridgehead atoms. The maximum Gasteiger partial charge on any atom is 0.160 e. The second kappa shape index (κ2) is 45.6. The first kappa shape index (κ1) is 94.9. The molecule has 0 aliphatic heterocycles. The molecule has 0 saturated heterocycles. The number of benzene rings is 15. The van der Waals surface area contributed by atoms with E-state index in [9.17, 15) is 4.39 Å². The number of rotatable bonds is 12. The molecular formula is C123H99FN16. The van der Waals surface area contributed by atoms with E-state index in [1.165, 1.54) is 34.4 Å². The van der Waals surface area contributed by atoms with Crippen molar-refractivity contribution in [3.63, 3.8) is 0 Å². The van der Waals surface area contributed by atoms with Crippen LogP contribution in [0.4, 0.5) is 4.39 Å². The van der Waals surface area contributed by atoms with Gasteiger partial charge in [0.1, 0.15) is 40.8 Å². The minimum absolute atomic E-state index is 0.247. The molecule has 0 aliphatic carbocycles. The standard InChI is InChI=1S/C20H16N2.C19H15N3.C18H15FN2.C18H16N2.C17H14N2.C16H11N3.C15H12N2/c1-15-11-13-16(14-12-15)20-21-18-9-5-6-10-19(18)22(20)17-7-3-2-4-8-17;1-13-3-7-16(8-4-13)18-11-19(22-14(2)21-18)17-9-5-15(12-20)6-10-17;1-12-3-5-14(6-4-12)17-11-18(21-13(2)20-17)15-7-9-16(19)10-8-15;1-13-8-10-16(11-9-13)18-12-17(19-14(2)20-18)15-6-4-3-5-7-15;1-13-12-16(14-8-4-2-5-9-14)19-17(18-13)15-10-6-3-7-11-15;1-11-18-15-5-3-2-4-14(15)16(19-11)13-8-6-12(10-17)7-9-13;1-11-16-14-10-6-5-9-13(14)15(17-11)12-7-3-2-4-8-12/h2-14H,1H3;3-11H,1-2H3;3-11H,1-2H3;3-12H,1-2H3;2-12H,1H3;2-9H,1H3;2-10H,1H3. The van der Waals surface area contributed by atoms with Crippen LogP contribution in [0.15, 0.2) is 419 Å². The van der Waals surface area contributed by atoms with Crippen LogP contribution in [0.5, 0.6) is 0 Å². The summed E-state index contributed by atoms with van der Waals surface area (Å²) in [4.78, 5) is 59.1. The zero-order valence-electron chi connectivity index (χ0n) is 79.4. The van der Waals surface area contributed by atoms with E-state index in [2.05, 4.69) is 274 Å². The molecule has 0 radical (unpaired) electrons. The third-order valence-corrected chi connectivity index (χ3v) is 22.7. The number of hydrogen-bond donors (Lipinski definition) is 0. The number of halogens is 1. The normalized spacial score (nSPS) is 10.5.